The predicted molar refractivity (Wildman–Crippen MR) is 114 cm³/mol. The zero-order valence-electron chi connectivity index (χ0n) is 16.6. The van der Waals surface area contributed by atoms with Gasteiger partial charge in [-0.1, -0.05) is 56.3 Å². The summed E-state index contributed by atoms with van der Waals surface area (Å²) in [5.74, 6) is -0.152. The molecule has 8 heteroatoms. The molecule has 3 rings (SSSR count). The number of rotatable bonds is 6. The quantitative estimate of drug-likeness (QED) is 0.354. The third-order valence-corrected chi connectivity index (χ3v) is 4.28. The van der Waals surface area contributed by atoms with E-state index in [1.807, 2.05) is 6.07 Å². The van der Waals surface area contributed by atoms with Gasteiger partial charge >= 0.3 is 0 Å². The fourth-order valence-electron chi connectivity index (χ4n) is 2.85. The molecule has 0 unspecified atom stereocenters. The SMILES string of the molecule is CC(C)Cc1nc(-c2ccc(C(=O)N=[N+]=[N-])cc2)cnc1NC(=O)c1ccccc1. The van der Waals surface area contributed by atoms with Crippen molar-refractivity contribution in [1.82, 2.24) is 9.97 Å². The van der Waals surface area contributed by atoms with E-state index in [9.17, 15) is 9.59 Å². The highest BCUT2D eigenvalue weighted by atomic mass is 16.2. The molecule has 150 valence electrons. The number of azide groups is 1. The van der Waals surface area contributed by atoms with Crippen LogP contribution in [0.5, 0.6) is 0 Å². The Kier molecular flexibility index (Phi) is 6.52. The minimum atomic E-state index is -0.644. The molecular weight excluding hydrogens is 380 g/mol. The summed E-state index contributed by atoms with van der Waals surface area (Å²) in [6, 6.07) is 15.5. The van der Waals surface area contributed by atoms with Crippen LogP contribution < -0.4 is 5.32 Å². The summed E-state index contributed by atoms with van der Waals surface area (Å²) >= 11 is 0. The highest BCUT2D eigenvalue weighted by Gasteiger charge is 2.15. The van der Waals surface area contributed by atoms with Gasteiger partial charge in [0, 0.05) is 21.6 Å². The van der Waals surface area contributed by atoms with E-state index >= 15 is 0 Å². The Morgan fingerprint density at radius 1 is 1.07 bits per heavy atom. The summed E-state index contributed by atoms with van der Waals surface area (Å²) in [6.45, 7) is 4.13. The van der Waals surface area contributed by atoms with Gasteiger partial charge in [0.05, 0.1) is 17.6 Å². The van der Waals surface area contributed by atoms with Crippen molar-refractivity contribution >= 4 is 17.6 Å². The van der Waals surface area contributed by atoms with Crippen molar-refractivity contribution in [2.75, 3.05) is 5.32 Å². The van der Waals surface area contributed by atoms with Gasteiger partial charge in [0.1, 0.15) is 0 Å². The van der Waals surface area contributed by atoms with Crippen LogP contribution in [0.3, 0.4) is 0 Å². The highest BCUT2D eigenvalue weighted by Crippen LogP contribution is 2.23. The van der Waals surface area contributed by atoms with Gasteiger partial charge in [0.15, 0.2) is 5.82 Å². The average molecular weight is 400 g/mol. The summed E-state index contributed by atoms with van der Waals surface area (Å²) in [5, 5.41) is 5.93. The lowest BCUT2D eigenvalue weighted by Gasteiger charge is -2.13. The Labute approximate surface area is 173 Å². The molecule has 8 nitrogen and oxygen atoms in total. The number of nitrogens with zero attached hydrogens (tertiary/aromatic N) is 5. The van der Waals surface area contributed by atoms with Crippen LogP contribution in [-0.4, -0.2) is 21.8 Å². The second-order valence-corrected chi connectivity index (χ2v) is 7.04. The number of aromatic nitrogens is 2. The number of hydrogen-bond donors (Lipinski definition) is 1. The Morgan fingerprint density at radius 2 is 1.77 bits per heavy atom. The van der Waals surface area contributed by atoms with E-state index in [1.165, 1.54) is 0 Å². The van der Waals surface area contributed by atoms with Crippen LogP contribution >= 0.6 is 0 Å². The third-order valence-electron chi connectivity index (χ3n) is 4.28. The molecule has 0 bridgehead atoms. The van der Waals surface area contributed by atoms with Crippen LogP contribution in [0.4, 0.5) is 5.82 Å². The Morgan fingerprint density at radius 3 is 2.40 bits per heavy atom. The number of nitrogens with one attached hydrogen (secondary N) is 1. The fourth-order valence-corrected chi connectivity index (χ4v) is 2.85. The molecule has 0 atom stereocenters. The molecule has 2 aromatic carbocycles. The van der Waals surface area contributed by atoms with E-state index in [2.05, 4.69) is 34.2 Å². The number of anilines is 1. The average Bonchev–Trinajstić information content (AvgIpc) is 2.75. The molecular formula is C22H20N6O2. The molecule has 0 saturated heterocycles. The van der Waals surface area contributed by atoms with Gasteiger partial charge in [-0.25, -0.2) is 9.97 Å². The summed E-state index contributed by atoms with van der Waals surface area (Å²) in [6.07, 6.45) is 2.22. The monoisotopic (exact) mass is 400 g/mol. The van der Waals surface area contributed by atoms with Gasteiger partial charge in [0.2, 0.25) is 5.91 Å². The van der Waals surface area contributed by atoms with Crippen molar-refractivity contribution in [2.45, 2.75) is 20.3 Å². The van der Waals surface area contributed by atoms with E-state index in [4.69, 9.17) is 10.5 Å². The molecule has 0 aliphatic heterocycles. The lowest BCUT2D eigenvalue weighted by atomic mass is 10.1. The first kappa shape index (κ1) is 20.7. The standard InChI is InChI=1S/C22H20N6O2/c1-14(2)12-18-20(26-21(29)16-6-4-3-5-7-16)24-13-19(25-18)15-8-10-17(11-9-15)22(30)27-28-23/h3-11,13-14H,12H2,1-2H3,(H,24,26,29). The van der Waals surface area contributed by atoms with E-state index < -0.39 is 5.91 Å². The summed E-state index contributed by atoms with van der Waals surface area (Å²) < 4.78 is 0. The Hall–Kier alpha value is -4.03. The molecule has 0 radical (unpaired) electrons. The van der Waals surface area contributed by atoms with Crippen molar-refractivity contribution in [1.29, 1.82) is 0 Å². The zero-order chi connectivity index (χ0) is 21.5. The number of hydrogen-bond acceptors (Lipinski definition) is 4. The molecule has 0 aliphatic rings. The molecule has 1 N–H and O–H groups in total. The Bertz CT molecular complexity index is 1100. The predicted octanol–water partition coefficient (Wildman–Crippen LogP) is 5.04. The first-order chi connectivity index (χ1) is 14.5. The Balaban J connectivity index is 1.89. The van der Waals surface area contributed by atoms with Crippen LogP contribution in [0.25, 0.3) is 21.7 Å². The van der Waals surface area contributed by atoms with Gasteiger partial charge < -0.3 is 5.32 Å². The summed E-state index contributed by atoms with van der Waals surface area (Å²) in [7, 11) is 0. The highest BCUT2D eigenvalue weighted by molar-refractivity contribution is 6.04. The summed E-state index contributed by atoms with van der Waals surface area (Å²) in [5.41, 5.74) is 11.3. The largest absolute Gasteiger partial charge is 0.305 e. The smallest absolute Gasteiger partial charge is 0.256 e. The van der Waals surface area contributed by atoms with E-state index in [-0.39, 0.29) is 5.91 Å². The van der Waals surface area contributed by atoms with Gasteiger partial charge in [-0.3, -0.25) is 9.59 Å². The number of carbonyl (C=O) groups excluding carboxylic acids is 2. The maximum atomic E-state index is 12.5. The van der Waals surface area contributed by atoms with Crippen LogP contribution in [0, 0.1) is 5.92 Å². The molecule has 0 spiro atoms. The van der Waals surface area contributed by atoms with Gasteiger partial charge in [-0.15, -0.1) is 0 Å². The van der Waals surface area contributed by atoms with Crippen molar-refractivity contribution < 1.29 is 9.59 Å². The van der Waals surface area contributed by atoms with E-state index in [0.717, 1.165) is 5.56 Å². The molecule has 0 saturated carbocycles. The van der Waals surface area contributed by atoms with Gasteiger partial charge in [0.25, 0.3) is 5.91 Å². The minimum Gasteiger partial charge on any atom is -0.305 e. The van der Waals surface area contributed by atoms with Crippen LogP contribution in [-0.2, 0) is 6.42 Å². The molecule has 1 heterocycles. The van der Waals surface area contributed by atoms with Crippen molar-refractivity contribution in [2.24, 2.45) is 11.0 Å². The lowest BCUT2D eigenvalue weighted by Crippen LogP contribution is -2.16. The van der Waals surface area contributed by atoms with E-state index in [1.54, 1.807) is 54.7 Å². The fraction of sp³-hybridized carbons (Fsp3) is 0.182. The number of amides is 2. The molecule has 2 amide bonds. The van der Waals surface area contributed by atoms with Crippen LogP contribution in [0.1, 0.15) is 40.3 Å². The van der Waals surface area contributed by atoms with Crippen molar-refractivity contribution in [3.8, 4) is 11.3 Å². The maximum absolute atomic E-state index is 12.5. The maximum Gasteiger partial charge on any atom is 0.256 e. The second kappa shape index (κ2) is 9.45. The molecule has 30 heavy (non-hydrogen) atoms. The number of benzene rings is 2. The minimum absolute atomic E-state index is 0.247. The van der Waals surface area contributed by atoms with Gasteiger partial charge in [-0.05, 0) is 35.1 Å². The normalized spacial score (nSPS) is 10.4. The first-order valence-corrected chi connectivity index (χ1v) is 9.40. The van der Waals surface area contributed by atoms with Crippen LogP contribution in [0.15, 0.2) is 65.9 Å². The second-order valence-electron chi connectivity index (χ2n) is 7.04. The lowest BCUT2D eigenvalue weighted by molar-refractivity contribution is 0.0997. The number of carbonyl (C=O) groups is 2. The third kappa shape index (κ3) is 5.06. The molecule has 1 aromatic heterocycles. The zero-order valence-corrected chi connectivity index (χ0v) is 16.6. The van der Waals surface area contributed by atoms with Crippen molar-refractivity contribution in [3.63, 3.8) is 0 Å². The van der Waals surface area contributed by atoms with Crippen LogP contribution in [0.2, 0.25) is 0 Å². The summed E-state index contributed by atoms with van der Waals surface area (Å²) in [4.78, 5) is 35.8. The van der Waals surface area contributed by atoms with E-state index in [0.29, 0.717) is 40.7 Å². The molecule has 3 aromatic rings. The topological polar surface area (TPSA) is 121 Å². The first-order valence-electron chi connectivity index (χ1n) is 9.40. The van der Waals surface area contributed by atoms with Gasteiger partial charge in [-0.2, -0.15) is 0 Å². The van der Waals surface area contributed by atoms with Crippen molar-refractivity contribution in [3.05, 3.63) is 88.1 Å². The molecule has 0 aliphatic carbocycles. The molecule has 0 fully saturated rings.